The van der Waals surface area contributed by atoms with E-state index in [0.29, 0.717) is 28.0 Å². The molecule has 1 aliphatic carbocycles. The lowest BCUT2D eigenvalue weighted by Crippen LogP contribution is -2.25. The molecule has 39 heavy (non-hydrogen) atoms. The second kappa shape index (κ2) is 9.75. The van der Waals surface area contributed by atoms with Crippen molar-refractivity contribution >= 4 is 22.9 Å². The average Bonchev–Trinajstić information content (AvgIpc) is 3.58. The van der Waals surface area contributed by atoms with Gasteiger partial charge in [-0.1, -0.05) is 12.1 Å². The number of carbonyl (C=O) groups is 1. The van der Waals surface area contributed by atoms with Crippen LogP contribution < -0.4 is 16.2 Å². The van der Waals surface area contributed by atoms with Crippen molar-refractivity contribution in [2.45, 2.75) is 32.4 Å². The number of aromatic amines is 1. The Labute approximate surface area is 221 Å². The van der Waals surface area contributed by atoms with Crippen LogP contribution in [0.4, 0.5) is 14.7 Å². The predicted molar refractivity (Wildman–Crippen MR) is 142 cm³/mol. The van der Waals surface area contributed by atoms with Gasteiger partial charge in [0.15, 0.2) is 5.65 Å². The van der Waals surface area contributed by atoms with Crippen LogP contribution in [0.2, 0.25) is 0 Å². The molecule has 0 atom stereocenters. The van der Waals surface area contributed by atoms with Crippen molar-refractivity contribution < 1.29 is 13.6 Å². The molecule has 1 fully saturated rings. The monoisotopic (exact) mass is 527 g/mol. The first kappa shape index (κ1) is 24.4. The molecule has 0 bridgehead atoms. The van der Waals surface area contributed by atoms with E-state index in [4.69, 9.17) is 4.98 Å². The molecule has 11 heteroatoms. The summed E-state index contributed by atoms with van der Waals surface area (Å²) in [5.74, 6) is -1.30. The molecule has 6 rings (SSSR count). The Kier molecular flexibility index (Phi) is 6.10. The van der Waals surface area contributed by atoms with Crippen LogP contribution in [0.5, 0.6) is 0 Å². The summed E-state index contributed by atoms with van der Waals surface area (Å²) in [4.78, 5) is 42.2. The number of amides is 1. The highest BCUT2D eigenvalue weighted by Crippen LogP contribution is 2.32. The predicted octanol–water partition coefficient (Wildman–Crippen LogP) is 4.26. The Bertz CT molecular complexity index is 1760. The van der Waals surface area contributed by atoms with Gasteiger partial charge in [-0.05, 0) is 55.7 Å². The van der Waals surface area contributed by atoms with Gasteiger partial charge in [-0.3, -0.25) is 14.2 Å². The zero-order valence-corrected chi connectivity index (χ0v) is 20.8. The summed E-state index contributed by atoms with van der Waals surface area (Å²) >= 11 is 0. The highest BCUT2D eigenvalue weighted by atomic mass is 19.1. The first-order valence-electron chi connectivity index (χ1n) is 12.4. The molecular weight excluding hydrogens is 504 g/mol. The topological polar surface area (TPSA) is 118 Å². The number of hydrogen-bond donors (Lipinski definition) is 3. The molecule has 1 aliphatic rings. The third kappa shape index (κ3) is 4.74. The Balaban J connectivity index is 1.58. The normalized spacial score (nSPS) is 13.0. The van der Waals surface area contributed by atoms with Crippen molar-refractivity contribution in [1.82, 2.24) is 29.8 Å². The minimum Gasteiger partial charge on any atom is -0.349 e. The van der Waals surface area contributed by atoms with Crippen LogP contribution >= 0.6 is 0 Å². The number of aromatic nitrogens is 5. The fourth-order valence-corrected chi connectivity index (χ4v) is 4.39. The molecule has 0 saturated heterocycles. The van der Waals surface area contributed by atoms with E-state index in [2.05, 4.69) is 25.6 Å². The van der Waals surface area contributed by atoms with E-state index in [9.17, 15) is 18.4 Å². The zero-order valence-electron chi connectivity index (χ0n) is 20.8. The number of carbonyl (C=O) groups excluding carboxylic acids is 1. The average molecular weight is 528 g/mol. The van der Waals surface area contributed by atoms with Crippen molar-refractivity contribution in [2.75, 3.05) is 5.32 Å². The number of nitrogens with zero attached hydrogens (tertiary/aromatic N) is 4. The molecule has 196 valence electrons. The number of pyridine rings is 1. The summed E-state index contributed by atoms with van der Waals surface area (Å²) in [5, 5.41) is 6.43. The van der Waals surface area contributed by atoms with Gasteiger partial charge in [0.05, 0.1) is 12.2 Å². The third-order valence-electron chi connectivity index (χ3n) is 6.55. The summed E-state index contributed by atoms with van der Waals surface area (Å²) in [6.45, 7) is 2.10. The van der Waals surface area contributed by atoms with Crippen molar-refractivity contribution in [2.24, 2.45) is 0 Å². The summed E-state index contributed by atoms with van der Waals surface area (Å²) in [5.41, 5.74) is 1.08. The molecule has 1 saturated carbocycles. The van der Waals surface area contributed by atoms with Crippen LogP contribution in [0.3, 0.4) is 0 Å². The lowest BCUT2D eigenvalue weighted by atomic mass is 9.99. The van der Waals surface area contributed by atoms with E-state index in [-0.39, 0.29) is 30.1 Å². The van der Waals surface area contributed by atoms with Crippen molar-refractivity contribution in [3.05, 3.63) is 99.9 Å². The van der Waals surface area contributed by atoms with Gasteiger partial charge in [-0.25, -0.2) is 18.7 Å². The minimum absolute atomic E-state index is 0.00526. The van der Waals surface area contributed by atoms with E-state index in [1.54, 1.807) is 24.5 Å². The number of rotatable bonds is 7. The number of para-hydroxylation sites is 1. The number of aryl methyl sites for hydroxylation is 1. The standard InChI is InChI=1S/C28H23F2N7O2/c1-15-5-6-16(27(39)34-17-7-8-17)13-19(15)24-18-9-10-23(38)37(25-20(29)3-2-4-21(25)30)26(18)36-28(35-24)33-14-22-31-11-12-32-22/h2-6,9-13,17H,7-8,14H2,1H3,(H,31,32)(H,34,39)(H,33,35,36). The van der Waals surface area contributed by atoms with Crippen LogP contribution in [0.1, 0.15) is 34.6 Å². The maximum absolute atomic E-state index is 14.9. The fraction of sp³-hybridized carbons (Fsp3) is 0.179. The highest BCUT2D eigenvalue weighted by Gasteiger charge is 2.25. The van der Waals surface area contributed by atoms with Crippen LogP contribution in [0.25, 0.3) is 28.0 Å². The molecule has 9 nitrogen and oxygen atoms in total. The van der Waals surface area contributed by atoms with Crippen LogP contribution in [-0.2, 0) is 6.54 Å². The second-order valence-electron chi connectivity index (χ2n) is 9.38. The van der Waals surface area contributed by atoms with E-state index < -0.39 is 22.9 Å². The van der Waals surface area contributed by atoms with Crippen LogP contribution in [0.15, 0.2) is 65.7 Å². The van der Waals surface area contributed by atoms with Gasteiger partial charge in [0.2, 0.25) is 5.95 Å². The van der Waals surface area contributed by atoms with Crippen molar-refractivity contribution in [3.63, 3.8) is 0 Å². The molecule has 0 spiro atoms. The van der Waals surface area contributed by atoms with Gasteiger partial charge in [0.1, 0.15) is 23.1 Å². The smallest absolute Gasteiger partial charge is 0.256 e. The lowest BCUT2D eigenvalue weighted by molar-refractivity contribution is 0.0951. The number of benzene rings is 2. The largest absolute Gasteiger partial charge is 0.349 e. The molecule has 1 amide bonds. The third-order valence-corrected chi connectivity index (χ3v) is 6.55. The van der Waals surface area contributed by atoms with E-state index in [0.717, 1.165) is 35.1 Å². The van der Waals surface area contributed by atoms with Crippen LogP contribution in [-0.4, -0.2) is 36.5 Å². The summed E-state index contributed by atoms with van der Waals surface area (Å²) in [7, 11) is 0. The highest BCUT2D eigenvalue weighted by molar-refractivity contribution is 5.98. The molecule has 3 aromatic heterocycles. The number of H-pyrrole nitrogens is 1. The molecule has 0 aliphatic heterocycles. The van der Waals surface area contributed by atoms with E-state index >= 15 is 0 Å². The van der Waals surface area contributed by atoms with Gasteiger partial charge in [0, 0.05) is 41.0 Å². The molecule has 3 heterocycles. The Hall–Kier alpha value is -4.93. The SMILES string of the molecule is Cc1ccc(C(=O)NC2CC2)cc1-c1nc(NCc2ncc[nH]2)nc2c1ccc(=O)n2-c1c(F)cccc1F. The van der Waals surface area contributed by atoms with Crippen LogP contribution in [0, 0.1) is 18.6 Å². The van der Waals surface area contributed by atoms with E-state index in [1.807, 2.05) is 13.0 Å². The summed E-state index contributed by atoms with van der Waals surface area (Å²) < 4.78 is 30.7. The van der Waals surface area contributed by atoms with Crippen molar-refractivity contribution in [3.8, 4) is 16.9 Å². The molecule has 3 N–H and O–H groups in total. The van der Waals surface area contributed by atoms with Gasteiger partial charge in [0.25, 0.3) is 11.5 Å². The number of fused-ring (bicyclic) bond motifs is 1. The Morgan fingerprint density at radius 1 is 1.10 bits per heavy atom. The molecule has 0 radical (unpaired) electrons. The Morgan fingerprint density at radius 3 is 2.62 bits per heavy atom. The number of hydrogen-bond acceptors (Lipinski definition) is 6. The maximum atomic E-state index is 14.9. The minimum atomic E-state index is -0.912. The second-order valence-corrected chi connectivity index (χ2v) is 9.38. The number of halogens is 2. The number of anilines is 1. The molecular formula is C28H23F2N7O2. The quantitative estimate of drug-likeness (QED) is 0.291. The van der Waals surface area contributed by atoms with Gasteiger partial charge in [-0.15, -0.1) is 0 Å². The van der Waals surface area contributed by atoms with Gasteiger partial charge >= 0.3 is 0 Å². The summed E-state index contributed by atoms with van der Waals surface area (Å²) in [6, 6.07) is 11.6. The summed E-state index contributed by atoms with van der Waals surface area (Å²) in [6.07, 6.45) is 5.18. The number of nitrogens with one attached hydrogen (secondary N) is 3. The molecule has 2 aromatic carbocycles. The van der Waals surface area contributed by atoms with E-state index in [1.165, 1.54) is 18.2 Å². The lowest BCUT2D eigenvalue weighted by Gasteiger charge is -2.16. The van der Waals surface area contributed by atoms with Crippen molar-refractivity contribution in [1.29, 1.82) is 0 Å². The first-order valence-corrected chi connectivity index (χ1v) is 12.4. The molecule has 5 aromatic rings. The maximum Gasteiger partial charge on any atom is 0.256 e. The molecule has 0 unspecified atom stereocenters. The van der Waals surface area contributed by atoms with Gasteiger partial charge in [-0.2, -0.15) is 4.98 Å². The number of imidazole rings is 1. The van der Waals surface area contributed by atoms with Gasteiger partial charge < -0.3 is 15.6 Å². The fourth-order valence-electron chi connectivity index (χ4n) is 4.39. The first-order chi connectivity index (χ1) is 18.9. The zero-order chi connectivity index (χ0) is 27.1. The Morgan fingerprint density at radius 2 is 1.90 bits per heavy atom.